The zero-order valence-electron chi connectivity index (χ0n) is 20.1. The Hall–Kier alpha value is -2.24. The van der Waals surface area contributed by atoms with Gasteiger partial charge in [-0.1, -0.05) is 17.4 Å². The van der Waals surface area contributed by atoms with Crippen LogP contribution in [0.5, 0.6) is 5.75 Å². The second kappa shape index (κ2) is 11.7. The molecule has 190 valence electrons. The molecule has 0 radical (unpaired) electrons. The zero-order chi connectivity index (χ0) is 24.3. The largest absolute Gasteiger partial charge is 0.494 e. The van der Waals surface area contributed by atoms with Gasteiger partial charge in [-0.15, -0.1) is 12.4 Å². The Bertz CT molecular complexity index is 1260. The SMILES string of the molecule is COc1cccc2sc(N(CCCN(C)C)C(=O)c3ccc(S(=O)(=O)N4CCCC4)cc3)nc12.Cl. The normalized spacial score (nSPS) is 14.3. The van der Waals surface area contributed by atoms with E-state index in [1.165, 1.54) is 27.8 Å². The van der Waals surface area contributed by atoms with Gasteiger partial charge in [0, 0.05) is 25.2 Å². The van der Waals surface area contributed by atoms with Crippen LogP contribution in [0, 0.1) is 0 Å². The van der Waals surface area contributed by atoms with Crippen LogP contribution in [-0.4, -0.2) is 75.9 Å². The summed E-state index contributed by atoms with van der Waals surface area (Å²) in [7, 11) is 2.07. The van der Waals surface area contributed by atoms with E-state index in [-0.39, 0.29) is 23.2 Å². The van der Waals surface area contributed by atoms with Crippen molar-refractivity contribution in [1.29, 1.82) is 0 Å². The lowest BCUT2D eigenvalue weighted by molar-refractivity contribution is 0.0986. The summed E-state index contributed by atoms with van der Waals surface area (Å²) in [5.74, 6) is 0.457. The predicted molar refractivity (Wildman–Crippen MR) is 143 cm³/mol. The molecular formula is C24H31ClN4O4S2. The average Bonchev–Trinajstić information content (AvgIpc) is 3.52. The third-order valence-corrected chi connectivity index (χ3v) is 8.81. The molecular weight excluding hydrogens is 508 g/mol. The highest BCUT2D eigenvalue weighted by Crippen LogP contribution is 2.35. The summed E-state index contributed by atoms with van der Waals surface area (Å²) < 4.78 is 33.6. The first-order valence-corrected chi connectivity index (χ1v) is 13.6. The van der Waals surface area contributed by atoms with Gasteiger partial charge in [0.2, 0.25) is 10.0 Å². The molecule has 1 fully saturated rings. The molecule has 0 unspecified atom stereocenters. The molecule has 0 bridgehead atoms. The topological polar surface area (TPSA) is 83.0 Å². The van der Waals surface area contributed by atoms with Gasteiger partial charge in [-0.2, -0.15) is 4.31 Å². The number of thiazole rings is 1. The van der Waals surface area contributed by atoms with Crippen LogP contribution in [0.15, 0.2) is 47.4 Å². The van der Waals surface area contributed by atoms with Crippen LogP contribution in [0.1, 0.15) is 29.6 Å². The number of methoxy groups -OCH3 is 1. The Morgan fingerprint density at radius 1 is 1.09 bits per heavy atom. The van der Waals surface area contributed by atoms with Gasteiger partial charge in [-0.3, -0.25) is 9.69 Å². The van der Waals surface area contributed by atoms with Crippen LogP contribution in [-0.2, 0) is 10.0 Å². The maximum atomic E-state index is 13.6. The summed E-state index contributed by atoms with van der Waals surface area (Å²) >= 11 is 1.44. The van der Waals surface area contributed by atoms with Gasteiger partial charge in [0.25, 0.3) is 5.91 Å². The lowest BCUT2D eigenvalue weighted by Crippen LogP contribution is -2.33. The maximum absolute atomic E-state index is 13.6. The second-order valence-electron chi connectivity index (χ2n) is 8.55. The van der Waals surface area contributed by atoms with Crippen LogP contribution >= 0.6 is 23.7 Å². The molecule has 4 rings (SSSR count). The number of rotatable bonds is 9. The minimum Gasteiger partial charge on any atom is -0.494 e. The molecule has 1 aromatic heterocycles. The fourth-order valence-corrected chi connectivity index (χ4v) is 6.55. The third kappa shape index (κ3) is 5.95. The number of hydrogen-bond acceptors (Lipinski definition) is 7. The molecule has 0 spiro atoms. The number of aromatic nitrogens is 1. The van der Waals surface area contributed by atoms with Gasteiger partial charge in [0.05, 0.1) is 16.7 Å². The molecule has 8 nitrogen and oxygen atoms in total. The van der Waals surface area contributed by atoms with Crippen molar-refractivity contribution in [2.24, 2.45) is 0 Å². The smallest absolute Gasteiger partial charge is 0.260 e. The Kier molecular flexibility index (Phi) is 9.11. The quantitative estimate of drug-likeness (QED) is 0.408. The van der Waals surface area contributed by atoms with E-state index in [0.29, 0.717) is 36.1 Å². The minimum atomic E-state index is -3.52. The molecule has 0 aliphatic carbocycles. The van der Waals surface area contributed by atoms with Gasteiger partial charge in [-0.05, 0) is 76.3 Å². The number of halogens is 1. The number of amides is 1. The monoisotopic (exact) mass is 538 g/mol. The first-order valence-electron chi connectivity index (χ1n) is 11.3. The first kappa shape index (κ1) is 27.3. The van der Waals surface area contributed by atoms with Crippen LogP contribution in [0.2, 0.25) is 0 Å². The molecule has 11 heteroatoms. The lowest BCUT2D eigenvalue weighted by atomic mass is 10.2. The van der Waals surface area contributed by atoms with E-state index in [9.17, 15) is 13.2 Å². The van der Waals surface area contributed by atoms with Crippen LogP contribution in [0.25, 0.3) is 10.2 Å². The number of sulfonamides is 1. The number of benzene rings is 2. The second-order valence-corrected chi connectivity index (χ2v) is 11.5. The zero-order valence-corrected chi connectivity index (χ0v) is 22.6. The van der Waals surface area contributed by atoms with Gasteiger partial charge in [-0.25, -0.2) is 13.4 Å². The van der Waals surface area contributed by atoms with Crippen molar-refractivity contribution in [1.82, 2.24) is 14.2 Å². The molecule has 1 aliphatic heterocycles. The molecule has 2 aromatic carbocycles. The van der Waals surface area contributed by atoms with E-state index in [0.717, 1.165) is 36.0 Å². The predicted octanol–water partition coefficient (Wildman–Crippen LogP) is 4.11. The highest BCUT2D eigenvalue weighted by Gasteiger charge is 2.28. The molecule has 3 aromatic rings. The number of carbonyl (C=O) groups is 1. The fraction of sp³-hybridized carbons (Fsp3) is 0.417. The Balaban J connectivity index is 0.00000342. The summed E-state index contributed by atoms with van der Waals surface area (Å²) in [4.78, 5) is 22.2. The number of fused-ring (bicyclic) bond motifs is 1. The number of ether oxygens (including phenoxy) is 1. The van der Waals surface area contributed by atoms with Gasteiger partial charge in [0.15, 0.2) is 5.13 Å². The summed E-state index contributed by atoms with van der Waals surface area (Å²) in [5, 5.41) is 0.594. The number of hydrogen-bond donors (Lipinski definition) is 0. The van der Waals surface area contributed by atoms with Gasteiger partial charge in [0.1, 0.15) is 11.3 Å². The highest BCUT2D eigenvalue weighted by atomic mass is 35.5. The van der Waals surface area contributed by atoms with E-state index < -0.39 is 10.0 Å². The van der Waals surface area contributed by atoms with Crippen LogP contribution in [0.3, 0.4) is 0 Å². The standard InChI is InChI=1S/C24H30N4O4S2.ClH/c1-26(2)14-7-17-28(24-25-22-20(32-3)8-6-9-21(22)33-24)23(29)18-10-12-19(13-11-18)34(30,31)27-15-4-5-16-27;/h6,8-13H,4-5,7,14-17H2,1-3H3;1H. The minimum absolute atomic E-state index is 0. The van der Waals surface area contributed by atoms with Crippen molar-refractivity contribution in [3.05, 3.63) is 48.0 Å². The summed E-state index contributed by atoms with van der Waals surface area (Å²) in [6.45, 7) is 2.41. The Morgan fingerprint density at radius 2 is 1.77 bits per heavy atom. The summed E-state index contributed by atoms with van der Waals surface area (Å²) in [5.41, 5.74) is 1.15. The third-order valence-electron chi connectivity index (χ3n) is 5.86. The number of anilines is 1. The van der Waals surface area contributed by atoms with E-state index in [4.69, 9.17) is 9.72 Å². The number of carbonyl (C=O) groups excluding carboxylic acids is 1. The Morgan fingerprint density at radius 3 is 2.40 bits per heavy atom. The molecule has 1 aliphatic rings. The van der Waals surface area contributed by atoms with E-state index in [2.05, 4.69) is 4.90 Å². The maximum Gasteiger partial charge on any atom is 0.260 e. The molecule has 35 heavy (non-hydrogen) atoms. The number of nitrogens with zero attached hydrogens (tertiary/aromatic N) is 4. The van der Waals surface area contributed by atoms with E-state index in [1.807, 2.05) is 32.3 Å². The van der Waals surface area contributed by atoms with E-state index in [1.54, 1.807) is 24.1 Å². The fourth-order valence-electron chi connectivity index (χ4n) is 4.02. The lowest BCUT2D eigenvalue weighted by Gasteiger charge is -2.21. The molecule has 0 saturated carbocycles. The summed E-state index contributed by atoms with van der Waals surface area (Å²) in [6.07, 6.45) is 2.53. The van der Waals surface area contributed by atoms with Crippen LogP contribution in [0.4, 0.5) is 5.13 Å². The van der Waals surface area contributed by atoms with Gasteiger partial charge < -0.3 is 9.64 Å². The van der Waals surface area contributed by atoms with Crippen molar-refractivity contribution in [2.45, 2.75) is 24.2 Å². The molecule has 0 N–H and O–H groups in total. The van der Waals surface area contributed by atoms with Crippen molar-refractivity contribution in [2.75, 3.05) is 52.3 Å². The first-order chi connectivity index (χ1) is 16.3. The Labute approximate surface area is 217 Å². The van der Waals surface area contributed by atoms with Crippen molar-refractivity contribution < 1.29 is 17.9 Å². The molecule has 0 atom stereocenters. The van der Waals surface area contributed by atoms with Crippen molar-refractivity contribution >= 4 is 55.0 Å². The highest BCUT2D eigenvalue weighted by molar-refractivity contribution is 7.89. The average molecular weight is 539 g/mol. The van der Waals surface area contributed by atoms with E-state index >= 15 is 0 Å². The van der Waals surface area contributed by atoms with Crippen LogP contribution < -0.4 is 9.64 Å². The summed E-state index contributed by atoms with van der Waals surface area (Å²) in [6, 6.07) is 12.0. The molecule has 1 saturated heterocycles. The van der Waals surface area contributed by atoms with Crippen molar-refractivity contribution in [3.8, 4) is 5.75 Å². The van der Waals surface area contributed by atoms with Crippen molar-refractivity contribution in [3.63, 3.8) is 0 Å². The number of para-hydroxylation sites is 1. The molecule has 2 heterocycles. The van der Waals surface area contributed by atoms with Gasteiger partial charge >= 0.3 is 0 Å². The molecule has 1 amide bonds.